The number of rotatable bonds is 6. The van der Waals surface area contributed by atoms with Gasteiger partial charge in [0, 0.05) is 6.54 Å². The molecule has 0 heterocycles. The van der Waals surface area contributed by atoms with Gasteiger partial charge in [-0.05, 0) is 31.1 Å². The fraction of sp³-hybridized carbons (Fsp3) is 0.786. The van der Waals surface area contributed by atoms with Crippen molar-refractivity contribution in [1.82, 2.24) is 5.32 Å². The Balaban J connectivity index is 2.18. The summed E-state index contributed by atoms with van der Waals surface area (Å²) < 4.78 is 0. The van der Waals surface area contributed by atoms with Crippen molar-refractivity contribution in [1.29, 1.82) is 0 Å². The third kappa shape index (κ3) is 4.90. The minimum atomic E-state index is -0.431. The van der Waals surface area contributed by atoms with E-state index in [1.807, 2.05) is 0 Å². The van der Waals surface area contributed by atoms with Crippen LogP contribution in [0.3, 0.4) is 0 Å². The van der Waals surface area contributed by atoms with Gasteiger partial charge in [0.25, 0.3) is 0 Å². The monoisotopic (exact) mass is 238 g/mol. The van der Waals surface area contributed by atoms with Crippen LogP contribution in [0.5, 0.6) is 0 Å². The first-order valence-electron chi connectivity index (χ1n) is 6.81. The minimum Gasteiger partial charge on any atom is -0.354 e. The number of nitrogens with two attached hydrogens (primary N) is 1. The van der Waals surface area contributed by atoms with Crippen LogP contribution in [0.1, 0.15) is 45.4 Å². The average Bonchev–Trinajstić information content (AvgIpc) is 2.36. The maximum Gasteiger partial charge on any atom is 0.237 e. The SMILES string of the molecule is C=CCC(N)C(=O)NCC1CCC(CC)CC1. The molecular weight excluding hydrogens is 212 g/mol. The average molecular weight is 238 g/mol. The maximum absolute atomic E-state index is 11.6. The lowest BCUT2D eigenvalue weighted by atomic mass is 9.81. The van der Waals surface area contributed by atoms with Crippen molar-refractivity contribution < 1.29 is 4.79 Å². The highest BCUT2D eigenvalue weighted by Crippen LogP contribution is 2.29. The zero-order valence-corrected chi connectivity index (χ0v) is 11.0. The molecule has 0 radical (unpaired) electrons. The van der Waals surface area contributed by atoms with E-state index in [4.69, 9.17) is 5.73 Å². The third-order valence-electron chi connectivity index (χ3n) is 3.87. The second-order valence-corrected chi connectivity index (χ2v) is 5.17. The second-order valence-electron chi connectivity index (χ2n) is 5.17. The van der Waals surface area contributed by atoms with E-state index < -0.39 is 6.04 Å². The molecule has 1 atom stereocenters. The predicted molar refractivity (Wildman–Crippen MR) is 71.5 cm³/mol. The first-order chi connectivity index (χ1) is 8.17. The molecule has 1 aliphatic carbocycles. The highest BCUT2D eigenvalue weighted by Gasteiger charge is 2.21. The zero-order valence-electron chi connectivity index (χ0n) is 11.0. The van der Waals surface area contributed by atoms with Crippen LogP contribution in [0.15, 0.2) is 12.7 Å². The van der Waals surface area contributed by atoms with Crippen molar-refractivity contribution in [3.63, 3.8) is 0 Å². The second kappa shape index (κ2) is 7.49. The zero-order chi connectivity index (χ0) is 12.7. The van der Waals surface area contributed by atoms with Crippen LogP contribution in [0.2, 0.25) is 0 Å². The molecule has 0 aliphatic heterocycles. The number of hydrogen-bond donors (Lipinski definition) is 2. The Kier molecular flexibility index (Phi) is 6.27. The molecule has 98 valence electrons. The van der Waals surface area contributed by atoms with Crippen molar-refractivity contribution in [2.24, 2.45) is 17.6 Å². The van der Waals surface area contributed by atoms with E-state index in [-0.39, 0.29) is 5.91 Å². The van der Waals surface area contributed by atoms with Crippen molar-refractivity contribution in [3.05, 3.63) is 12.7 Å². The Hall–Kier alpha value is -0.830. The standard InChI is InChI=1S/C14H26N2O/c1-3-5-13(15)14(17)16-10-12-8-6-11(4-2)7-9-12/h3,11-13H,1,4-10,15H2,2H3,(H,16,17). The smallest absolute Gasteiger partial charge is 0.237 e. The molecule has 3 heteroatoms. The van der Waals surface area contributed by atoms with Crippen molar-refractivity contribution >= 4 is 5.91 Å². The summed E-state index contributed by atoms with van der Waals surface area (Å²) in [5.41, 5.74) is 5.70. The molecule has 1 rings (SSSR count). The summed E-state index contributed by atoms with van der Waals surface area (Å²) >= 11 is 0. The highest BCUT2D eigenvalue weighted by molar-refractivity contribution is 5.81. The van der Waals surface area contributed by atoms with Gasteiger partial charge in [-0.15, -0.1) is 6.58 Å². The largest absolute Gasteiger partial charge is 0.354 e. The highest BCUT2D eigenvalue weighted by atomic mass is 16.2. The topological polar surface area (TPSA) is 55.1 Å². The first kappa shape index (κ1) is 14.2. The van der Waals surface area contributed by atoms with E-state index in [9.17, 15) is 4.79 Å². The number of nitrogens with one attached hydrogen (secondary N) is 1. The van der Waals surface area contributed by atoms with Crippen LogP contribution in [0, 0.1) is 11.8 Å². The summed E-state index contributed by atoms with van der Waals surface area (Å²) in [5, 5.41) is 2.96. The molecule has 0 aromatic heterocycles. The Morgan fingerprint density at radius 3 is 2.53 bits per heavy atom. The van der Waals surface area contributed by atoms with Gasteiger partial charge < -0.3 is 11.1 Å². The van der Waals surface area contributed by atoms with Crippen molar-refractivity contribution in [3.8, 4) is 0 Å². The molecule has 3 nitrogen and oxygen atoms in total. The molecule has 0 bridgehead atoms. The van der Waals surface area contributed by atoms with E-state index in [2.05, 4.69) is 18.8 Å². The number of amides is 1. The molecule has 1 fully saturated rings. The Morgan fingerprint density at radius 1 is 1.41 bits per heavy atom. The van der Waals surface area contributed by atoms with Gasteiger partial charge in [-0.1, -0.05) is 32.3 Å². The minimum absolute atomic E-state index is 0.0393. The van der Waals surface area contributed by atoms with Crippen LogP contribution < -0.4 is 11.1 Å². The van der Waals surface area contributed by atoms with Crippen LogP contribution >= 0.6 is 0 Å². The Morgan fingerprint density at radius 2 is 2.00 bits per heavy atom. The van der Waals surface area contributed by atoms with Crippen LogP contribution in [0.25, 0.3) is 0 Å². The van der Waals surface area contributed by atoms with E-state index >= 15 is 0 Å². The summed E-state index contributed by atoms with van der Waals surface area (Å²) in [5.74, 6) is 1.52. The van der Waals surface area contributed by atoms with Gasteiger partial charge in [-0.2, -0.15) is 0 Å². The van der Waals surface area contributed by atoms with Gasteiger partial charge in [0.1, 0.15) is 0 Å². The Bertz CT molecular complexity index is 245. The quantitative estimate of drug-likeness (QED) is 0.697. The van der Waals surface area contributed by atoms with Crippen LogP contribution in [0.4, 0.5) is 0 Å². The van der Waals surface area contributed by atoms with Gasteiger partial charge in [-0.3, -0.25) is 4.79 Å². The normalized spacial score (nSPS) is 26.2. The van der Waals surface area contributed by atoms with E-state index in [1.54, 1.807) is 6.08 Å². The predicted octanol–water partition coefficient (Wildman–Crippen LogP) is 2.22. The summed E-state index contributed by atoms with van der Waals surface area (Å²) in [6, 6.07) is -0.431. The molecule has 0 saturated heterocycles. The summed E-state index contributed by atoms with van der Waals surface area (Å²) in [4.78, 5) is 11.6. The molecule has 1 aliphatic rings. The van der Waals surface area contributed by atoms with E-state index in [0.717, 1.165) is 12.5 Å². The Labute approximate surface area is 105 Å². The van der Waals surface area contributed by atoms with Crippen molar-refractivity contribution in [2.75, 3.05) is 6.54 Å². The van der Waals surface area contributed by atoms with Crippen LogP contribution in [-0.2, 0) is 4.79 Å². The fourth-order valence-corrected chi connectivity index (χ4v) is 2.51. The summed E-state index contributed by atoms with van der Waals surface area (Å²) in [6.45, 7) is 6.65. The molecule has 0 aromatic rings. The summed E-state index contributed by atoms with van der Waals surface area (Å²) in [6.07, 6.45) is 8.66. The van der Waals surface area contributed by atoms with Gasteiger partial charge in [0.15, 0.2) is 0 Å². The third-order valence-corrected chi connectivity index (χ3v) is 3.87. The maximum atomic E-state index is 11.6. The number of carbonyl (C=O) groups excluding carboxylic acids is 1. The molecule has 1 amide bonds. The molecule has 1 unspecified atom stereocenters. The molecule has 3 N–H and O–H groups in total. The molecule has 0 spiro atoms. The number of carbonyl (C=O) groups is 1. The fourth-order valence-electron chi connectivity index (χ4n) is 2.51. The molecule has 0 aromatic carbocycles. The van der Waals surface area contributed by atoms with E-state index in [1.165, 1.54) is 32.1 Å². The van der Waals surface area contributed by atoms with Gasteiger partial charge in [-0.25, -0.2) is 0 Å². The summed E-state index contributed by atoms with van der Waals surface area (Å²) in [7, 11) is 0. The number of hydrogen-bond acceptors (Lipinski definition) is 2. The van der Waals surface area contributed by atoms with Crippen LogP contribution in [-0.4, -0.2) is 18.5 Å². The van der Waals surface area contributed by atoms with Gasteiger partial charge in [0.05, 0.1) is 6.04 Å². The molecule has 17 heavy (non-hydrogen) atoms. The lowest BCUT2D eigenvalue weighted by Gasteiger charge is -2.28. The molecule has 1 saturated carbocycles. The molecular formula is C14H26N2O. The lowest BCUT2D eigenvalue weighted by molar-refractivity contribution is -0.122. The first-order valence-corrected chi connectivity index (χ1v) is 6.81. The van der Waals surface area contributed by atoms with Gasteiger partial charge >= 0.3 is 0 Å². The lowest BCUT2D eigenvalue weighted by Crippen LogP contribution is -2.42. The van der Waals surface area contributed by atoms with Crippen molar-refractivity contribution in [2.45, 2.75) is 51.5 Å². The van der Waals surface area contributed by atoms with Gasteiger partial charge in [0.2, 0.25) is 5.91 Å². The van der Waals surface area contributed by atoms with E-state index in [0.29, 0.717) is 12.3 Å².